The second-order valence-corrected chi connectivity index (χ2v) is 4.56. The highest BCUT2D eigenvalue weighted by molar-refractivity contribution is 5.84. The summed E-state index contributed by atoms with van der Waals surface area (Å²) in [6, 6.07) is 11.8. The summed E-state index contributed by atoms with van der Waals surface area (Å²) in [4.78, 5) is 15.5. The molecule has 0 unspecified atom stereocenters. The fourth-order valence-corrected chi connectivity index (χ4v) is 1.85. The molecule has 0 spiro atoms. The summed E-state index contributed by atoms with van der Waals surface area (Å²) in [7, 11) is 0. The Bertz CT molecular complexity index is 597. The van der Waals surface area contributed by atoms with Crippen LogP contribution in [0.2, 0.25) is 0 Å². The van der Waals surface area contributed by atoms with Gasteiger partial charge in [0, 0.05) is 6.54 Å². The Balaban J connectivity index is 1.91. The molecule has 5 nitrogen and oxygen atoms in total. The van der Waals surface area contributed by atoms with Gasteiger partial charge in [-0.15, -0.1) is 0 Å². The van der Waals surface area contributed by atoms with E-state index in [0.717, 1.165) is 5.82 Å². The first kappa shape index (κ1) is 14.8. The van der Waals surface area contributed by atoms with E-state index in [1.165, 1.54) is 11.1 Å². The smallest absolute Gasteiger partial charge is 0.411 e. The summed E-state index contributed by atoms with van der Waals surface area (Å²) in [5.41, 5.74) is 3.08. The summed E-state index contributed by atoms with van der Waals surface area (Å²) in [5, 5.41) is 5.85. The molecule has 1 heterocycles. The van der Waals surface area contributed by atoms with Gasteiger partial charge in [0.05, 0.1) is 18.5 Å². The number of ether oxygens (including phenoxy) is 1. The second kappa shape index (κ2) is 7.28. The van der Waals surface area contributed by atoms with E-state index in [1.807, 2.05) is 18.2 Å². The van der Waals surface area contributed by atoms with E-state index in [1.54, 1.807) is 19.2 Å². The average molecular weight is 285 g/mol. The van der Waals surface area contributed by atoms with Crippen LogP contribution in [-0.2, 0) is 11.3 Å². The number of carbonyl (C=O) groups is 1. The van der Waals surface area contributed by atoms with Gasteiger partial charge in [0.1, 0.15) is 5.82 Å². The third-order valence-electron chi connectivity index (χ3n) is 3.01. The molecule has 5 heteroatoms. The van der Waals surface area contributed by atoms with E-state index in [2.05, 4.69) is 34.7 Å². The Kier molecular flexibility index (Phi) is 5.15. The van der Waals surface area contributed by atoms with E-state index in [0.29, 0.717) is 18.8 Å². The molecule has 0 radical (unpaired) electrons. The van der Waals surface area contributed by atoms with E-state index in [-0.39, 0.29) is 0 Å². The fraction of sp³-hybridized carbons (Fsp3) is 0.250. The lowest BCUT2D eigenvalue weighted by Gasteiger charge is -2.09. The summed E-state index contributed by atoms with van der Waals surface area (Å²) in [6.45, 7) is 4.90. The molecule has 0 fully saturated rings. The molecule has 1 aromatic carbocycles. The molecule has 0 aliphatic heterocycles. The maximum Gasteiger partial charge on any atom is 0.411 e. The lowest BCUT2D eigenvalue weighted by molar-refractivity contribution is 0.168. The number of amides is 1. The number of anilines is 2. The first-order valence-electron chi connectivity index (χ1n) is 6.87. The maximum atomic E-state index is 11.3. The Hall–Kier alpha value is -2.56. The minimum absolute atomic E-state index is 0.343. The van der Waals surface area contributed by atoms with Crippen LogP contribution in [0.5, 0.6) is 0 Å². The van der Waals surface area contributed by atoms with Crippen molar-refractivity contribution >= 4 is 17.6 Å². The molecule has 0 atom stereocenters. The van der Waals surface area contributed by atoms with Crippen LogP contribution in [0.15, 0.2) is 42.6 Å². The van der Waals surface area contributed by atoms with Crippen molar-refractivity contribution in [2.45, 2.75) is 20.4 Å². The Morgan fingerprint density at radius 2 is 2.05 bits per heavy atom. The fourth-order valence-electron chi connectivity index (χ4n) is 1.85. The van der Waals surface area contributed by atoms with Gasteiger partial charge in [-0.3, -0.25) is 5.32 Å². The van der Waals surface area contributed by atoms with Gasteiger partial charge in [0.15, 0.2) is 0 Å². The van der Waals surface area contributed by atoms with Crippen molar-refractivity contribution in [1.29, 1.82) is 0 Å². The molecule has 0 bridgehead atoms. The van der Waals surface area contributed by atoms with Crippen molar-refractivity contribution in [2.75, 3.05) is 17.2 Å². The van der Waals surface area contributed by atoms with Crippen molar-refractivity contribution in [2.24, 2.45) is 0 Å². The second-order valence-electron chi connectivity index (χ2n) is 4.56. The van der Waals surface area contributed by atoms with Crippen LogP contribution in [0.3, 0.4) is 0 Å². The third-order valence-corrected chi connectivity index (χ3v) is 3.01. The van der Waals surface area contributed by atoms with Crippen LogP contribution in [0.1, 0.15) is 18.1 Å². The summed E-state index contributed by atoms with van der Waals surface area (Å²) in [5.74, 6) is 0.757. The predicted molar refractivity (Wildman–Crippen MR) is 83.4 cm³/mol. The number of aromatic nitrogens is 1. The Morgan fingerprint density at radius 1 is 1.24 bits per heavy atom. The molecular formula is C16H19N3O2. The molecule has 0 saturated carbocycles. The van der Waals surface area contributed by atoms with Crippen LogP contribution in [0, 0.1) is 6.92 Å². The lowest BCUT2D eigenvalue weighted by atomic mass is 10.1. The number of nitrogens with zero attached hydrogens (tertiary/aromatic N) is 1. The van der Waals surface area contributed by atoms with Gasteiger partial charge in [-0.1, -0.05) is 24.3 Å². The highest BCUT2D eigenvalue weighted by Crippen LogP contribution is 2.13. The summed E-state index contributed by atoms with van der Waals surface area (Å²) >= 11 is 0. The van der Waals surface area contributed by atoms with Gasteiger partial charge in [-0.2, -0.15) is 0 Å². The van der Waals surface area contributed by atoms with E-state index >= 15 is 0 Å². The van der Waals surface area contributed by atoms with Crippen LogP contribution in [0.4, 0.5) is 16.3 Å². The Morgan fingerprint density at radius 3 is 2.71 bits per heavy atom. The summed E-state index contributed by atoms with van der Waals surface area (Å²) < 4.78 is 4.80. The molecule has 0 aliphatic carbocycles. The zero-order valence-corrected chi connectivity index (χ0v) is 12.2. The van der Waals surface area contributed by atoms with Gasteiger partial charge in [-0.25, -0.2) is 9.78 Å². The van der Waals surface area contributed by atoms with Crippen molar-refractivity contribution < 1.29 is 9.53 Å². The SMILES string of the molecule is CCOC(=O)Nc1ccc(NCc2ccccc2C)nc1. The van der Waals surface area contributed by atoms with Crippen LogP contribution in [0.25, 0.3) is 0 Å². The molecular weight excluding hydrogens is 266 g/mol. The summed E-state index contributed by atoms with van der Waals surface area (Å²) in [6.07, 6.45) is 1.12. The van der Waals surface area contributed by atoms with E-state index in [4.69, 9.17) is 4.74 Å². The first-order chi connectivity index (χ1) is 10.2. The van der Waals surface area contributed by atoms with Crippen LogP contribution >= 0.6 is 0 Å². The molecule has 2 N–H and O–H groups in total. The number of carbonyl (C=O) groups excluding carboxylic acids is 1. The molecule has 110 valence electrons. The Labute approximate surface area is 124 Å². The molecule has 2 rings (SSSR count). The van der Waals surface area contributed by atoms with Crippen LogP contribution in [-0.4, -0.2) is 17.7 Å². The van der Waals surface area contributed by atoms with Crippen molar-refractivity contribution in [3.05, 3.63) is 53.7 Å². The van der Waals surface area contributed by atoms with Crippen molar-refractivity contribution in [3.8, 4) is 0 Å². The number of benzene rings is 1. The molecule has 21 heavy (non-hydrogen) atoms. The topological polar surface area (TPSA) is 63.2 Å². The minimum Gasteiger partial charge on any atom is -0.450 e. The third kappa shape index (κ3) is 4.49. The molecule has 1 amide bonds. The van der Waals surface area contributed by atoms with Gasteiger partial charge in [0.2, 0.25) is 0 Å². The zero-order chi connectivity index (χ0) is 15.1. The number of hydrogen-bond donors (Lipinski definition) is 2. The number of aryl methyl sites for hydroxylation is 1. The quantitative estimate of drug-likeness (QED) is 0.881. The minimum atomic E-state index is -0.472. The largest absolute Gasteiger partial charge is 0.450 e. The number of pyridine rings is 1. The van der Waals surface area contributed by atoms with Gasteiger partial charge < -0.3 is 10.1 Å². The van der Waals surface area contributed by atoms with Gasteiger partial charge >= 0.3 is 6.09 Å². The van der Waals surface area contributed by atoms with Crippen LogP contribution < -0.4 is 10.6 Å². The lowest BCUT2D eigenvalue weighted by Crippen LogP contribution is -2.13. The normalized spacial score (nSPS) is 10.0. The van der Waals surface area contributed by atoms with Gasteiger partial charge in [0.25, 0.3) is 0 Å². The maximum absolute atomic E-state index is 11.3. The van der Waals surface area contributed by atoms with Crippen molar-refractivity contribution in [3.63, 3.8) is 0 Å². The van der Waals surface area contributed by atoms with E-state index < -0.39 is 6.09 Å². The standard InChI is InChI=1S/C16H19N3O2/c1-3-21-16(20)19-14-8-9-15(18-11-14)17-10-13-7-5-4-6-12(13)2/h4-9,11H,3,10H2,1-2H3,(H,17,18)(H,19,20). The van der Waals surface area contributed by atoms with Crippen molar-refractivity contribution in [1.82, 2.24) is 4.98 Å². The number of rotatable bonds is 5. The molecule has 1 aromatic heterocycles. The molecule has 0 saturated heterocycles. The highest BCUT2D eigenvalue weighted by atomic mass is 16.5. The monoisotopic (exact) mass is 285 g/mol. The predicted octanol–water partition coefficient (Wildman–Crippen LogP) is 3.57. The zero-order valence-electron chi connectivity index (χ0n) is 12.2. The average Bonchev–Trinajstić information content (AvgIpc) is 2.48. The van der Waals surface area contributed by atoms with Gasteiger partial charge in [-0.05, 0) is 37.1 Å². The molecule has 0 aliphatic rings. The first-order valence-corrected chi connectivity index (χ1v) is 6.87. The van der Waals surface area contributed by atoms with E-state index in [9.17, 15) is 4.79 Å². The highest BCUT2D eigenvalue weighted by Gasteiger charge is 2.02. The molecule has 2 aromatic rings. The number of nitrogens with one attached hydrogen (secondary N) is 2. The number of hydrogen-bond acceptors (Lipinski definition) is 4.